The number of imidazole rings is 1. The van der Waals surface area contributed by atoms with Crippen molar-refractivity contribution in [3.8, 4) is 5.75 Å². The van der Waals surface area contributed by atoms with Crippen molar-refractivity contribution in [3.05, 3.63) is 83.3 Å². The van der Waals surface area contributed by atoms with Gasteiger partial charge in [-0.15, -0.1) is 0 Å². The smallest absolute Gasteiger partial charge is 0.320 e. The SMILES string of the molecule is NC(Cc1c[nH]c2cc(F)ccc12)C(=O)O.NC(Cc1cnc(F)[nH]1)C(=O)O.N[C@@H](Cc1ccc(O)cc1F)C(=O)O.S.S. The number of benzene rings is 2. The van der Waals surface area contributed by atoms with Crippen molar-refractivity contribution in [2.75, 3.05) is 0 Å². The topological polar surface area (TPSA) is 255 Å². The number of halogens is 3. The van der Waals surface area contributed by atoms with Crippen molar-refractivity contribution >= 4 is 55.8 Å². The minimum Gasteiger partial charge on any atom is -0.508 e. The molecule has 2 unspecified atom stereocenters. The first-order valence-electron chi connectivity index (χ1n) is 12.0. The van der Waals surface area contributed by atoms with Crippen LogP contribution in [0.1, 0.15) is 16.8 Å². The molecule has 242 valence electrons. The molecule has 2 aromatic heterocycles. The average Bonchev–Trinajstić information content (AvgIpc) is 3.51. The molecule has 4 rings (SSSR count). The molecule has 0 bridgehead atoms. The van der Waals surface area contributed by atoms with E-state index in [0.717, 1.165) is 17.0 Å². The van der Waals surface area contributed by atoms with Crippen molar-refractivity contribution in [3.63, 3.8) is 0 Å². The van der Waals surface area contributed by atoms with Crippen molar-refractivity contribution < 1.29 is 48.0 Å². The molecule has 0 fully saturated rings. The summed E-state index contributed by atoms with van der Waals surface area (Å²) in [5.41, 5.74) is 17.8. The van der Waals surface area contributed by atoms with Crippen molar-refractivity contribution in [2.45, 2.75) is 37.4 Å². The van der Waals surface area contributed by atoms with Gasteiger partial charge in [0.05, 0.1) is 6.20 Å². The zero-order valence-electron chi connectivity index (χ0n) is 22.8. The summed E-state index contributed by atoms with van der Waals surface area (Å²) in [5.74, 6) is -4.53. The van der Waals surface area contributed by atoms with E-state index in [1.165, 1.54) is 30.5 Å². The second-order valence-electron chi connectivity index (χ2n) is 8.93. The number of fused-ring (bicyclic) bond motifs is 1. The van der Waals surface area contributed by atoms with Crippen molar-refractivity contribution in [1.29, 1.82) is 0 Å². The number of hydrogen-bond acceptors (Lipinski definition) is 8. The predicted octanol–water partition coefficient (Wildman–Crippen LogP) is 1.48. The first kappa shape index (κ1) is 39.8. The van der Waals surface area contributed by atoms with Gasteiger partial charge in [-0.3, -0.25) is 14.4 Å². The molecule has 0 saturated carbocycles. The Morgan fingerprint density at radius 2 is 1.34 bits per heavy atom. The molecular weight excluding hydrogens is 629 g/mol. The third-order valence-corrected chi connectivity index (χ3v) is 5.63. The van der Waals surface area contributed by atoms with Crippen LogP contribution in [0.3, 0.4) is 0 Å². The van der Waals surface area contributed by atoms with E-state index in [2.05, 4.69) is 15.0 Å². The number of carboxylic acid groups (broad SMARTS) is 3. The molecule has 0 amide bonds. The third kappa shape index (κ3) is 12.6. The van der Waals surface area contributed by atoms with Gasteiger partial charge in [0.1, 0.15) is 35.5 Å². The number of phenols is 1. The maximum Gasteiger partial charge on any atom is 0.320 e. The first-order chi connectivity index (χ1) is 19.7. The lowest BCUT2D eigenvalue weighted by Gasteiger charge is -2.07. The number of nitrogens with one attached hydrogen (secondary N) is 2. The Bertz CT molecular complexity index is 1540. The molecule has 2 heterocycles. The highest BCUT2D eigenvalue weighted by molar-refractivity contribution is 7.59. The Balaban J connectivity index is 0.000000623. The summed E-state index contributed by atoms with van der Waals surface area (Å²) in [5, 5.41) is 35.3. The standard InChI is InChI=1S/C11H11FN2O2.C9H10FNO3.C6H8FN3O2.2H2S/c12-7-1-2-8-6(3-9(13)11(15)16)5-14-10(8)4-7;10-7-4-6(12)2-1-5(7)3-8(11)9(13)14;7-6-9-2-3(10-6)1-4(8)5(11)12;;/h1-2,4-5,9,14H,3,13H2,(H,15,16);1-2,4,8,12H,3,11H2,(H,13,14);2,4H,1,8H2,(H,9,10)(H,11,12);2*1H2/t;8-;;;/m.0.../s1. The Morgan fingerprint density at radius 3 is 1.84 bits per heavy atom. The predicted molar refractivity (Wildman–Crippen MR) is 164 cm³/mol. The number of carboxylic acids is 3. The number of aromatic hydroxyl groups is 1. The normalized spacial score (nSPS) is 12.1. The van der Waals surface area contributed by atoms with Crippen LogP contribution in [0, 0.1) is 17.7 Å². The maximum absolute atomic E-state index is 13.1. The van der Waals surface area contributed by atoms with Crippen molar-refractivity contribution in [1.82, 2.24) is 15.0 Å². The van der Waals surface area contributed by atoms with Crippen LogP contribution < -0.4 is 17.2 Å². The van der Waals surface area contributed by atoms with Gasteiger partial charge in [0.25, 0.3) is 6.08 Å². The minimum absolute atomic E-state index is 0. The molecule has 4 aromatic rings. The second kappa shape index (κ2) is 18.4. The van der Waals surface area contributed by atoms with Crippen LogP contribution in [0.25, 0.3) is 10.9 Å². The highest BCUT2D eigenvalue weighted by Crippen LogP contribution is 2.20. The van der Waals surface area contributed by atoms with Crippen LogP contribution in [0.4, 0.5) is 13.2 Å². The number of aromatic amines is 2. The maximum atomic E-state index is 13.1. The first-order valence-corrected chi connectivity index (χ1v) is 12.0. The quantitative estimate of drug-likeness (QED) is 0.124. The largest absolute Gasteiger partial charge is 0.508 e. The lowest BCUT2D eigenvalue weighted by Crippen LogP contribution is -2.32. The lowest BCUT2D eigenvalue weighted by atomic mass is 10.1. The zero-order valence-corrected chi connectivity index (χ0v) is 24.8. The van der Waals surface area contributed by atoms with Gasteiger partial charge in [0.15, 0.2) is 0 Å². The second-order valence-corrected chi connectivity index (χ2v) is 8.93. The summed E-state index contributed by atoms with van der Waals surface area (Å²) < 4.78 is 38.2. The summed E-state index contributed by atoms with van der Waals surface area (Å²) in [7, 11) is 0. The molecule has 0 spiro atoms. The Morgan fingerprint density at radius 1 is 0.795 bits per heavy atom. The van der Waals surface area contributed by atoms with Crippen LogP contribution in [0.15, 0.2) is 48.8 Å². The summed E-state index contributed by atoms with van der Waals surface area (Å²) >= 11 is 0. The number of nitrogens with zero attached hydrogens (tertiary/aromatic N) is 1. The summed E-state index contributed by atoms with van der Waals surface area (Å²) in [4.78, 5) is 39.6. The van der Waals surface area contributed by atoms with E-state index < -0.39 is 47.9 Å². The third-order valence-electron chi connectivity index (χ3n) is 5.63. The Labute approximate surface area is 262 Å². The van der Waals surface area contributed by atoms with Gasteiger partial charge in [-0.2, -0.15) is 31.4 Å². The van der Waals surface area contributed by atoms with Gasteiger partial charge >= 0.3 is 17.9 Å². The van der Waals surface area contributed by atoms with E-state index in [4.69, 9.17) is 37.6 Å². The fraction of sp³-hybridized carbons (Fsp3) is 0.231. The monoisotopic (exact) mass is 662 g/mol. The number of aromatic nitrogens is 3. The van der Waals surface area contributed by atoms with Gasteiger partial charge in [0.2, 0.25) is 0 Å². The molecule has 0 aliphatic heterocycles. The van der Waals surface area contributed by atoms with Gasteiger partial charge < -0.3 is 47.6 Å². The van der Waals surface area contributed by atoms with Crippen LogP contribution in [0.2, 0.25) is 0 Å². The molecule has 12 N–H and O–H groups in total. The van der Waals surface area contributed by atoms with Crippen molar-refractivity contribution in [2.24, 2.45) is 17.2 Å². The number of carbonyl (C=O) groups is 3. The molecule has 2 aromatic carbocycles. The summed E-state index contributed by atoms with van der Waals surface area (Å²) in [6.45, 7) is 0. The molecule has 13 nitrogen and oxygen atoms in total. The molecule has 44 heavy (non-hydrogen) atoms. The zero-order chi connectivity index (χ0) is 31.6. The van der Waals surface area contributed by atoms with E-state index in [1.807, 2.05) is 0 Å². The highest BCUT2D eigenvalue weighted by Gasteiger charge is 2.16. The fourth-order valence-corrected chi connectivity index (χ4v) is 3.44. The number of hydrogen-bond donors (Lipinski definition) is 9. The van der Waals surface area contributed by atoms with Crippen LogP contribution in [-0.4, -0.2) is 71.4 Å². The van der Waals surface area contributed by atoms with E-state index in [1.54, 1.807) is 12.3 Å². The summed E-state index contributed by atoms with van der Waals surface area (Å²) in [6.07, 6.45) is 2.32. The Kier molecular flexibility index (Phi) is 16.7. The number of rotatable bonds is 9. The van der Waals surface area contributed by atoms with Crippen LogP contribution in [0.5, 0.6) is 5.75 Å². The van der Waals surface area contributed by atoms with Crippen LogP contribution in [-0.2, 0) is 33.6 Å². The minimum atomic E-state index is -1.18. The molecule has 3 atom stereocenters. The Hall–Kier alpha value is -4.23. The van der Waals surface area contributed by atoms with Gasteiger partial charge in [-0.25, -0.2) is 13.8 Å². The molecule has 0 aliphatic carbocycles. The van der Waals surface area contributed by atoms with E-state index in [0.29, 0.717) is 11.2 Å². The van der Waals surface area contributed by atoms with E-state index >= 15 is 0 Å². The lowest BCUT2D eigenvalue weighted by molar-refractivity contribution is -0.139. The fourth-order valence-electron chi connectivity index (χ4n) is 3.44. The number of aliphatic carboxylic acids is 3. The molecule has 0 saturated heterocycles. The van der Waals surface area contributed by atoms with Gasteiger partial charge in [-0.1, -0.05) is 6.07 Å². The number of H-pyrrole nitrogens is 2. The number of phenolic OH excluding ortho intramolecular Hbond substituents is 1. The average molecular weight is 663 g/mol. The van der Waals surface area contributed by atoms with Gasteiger partial charge in [-0.05, 0) is 35.4 Å². The molecule has 0 aliphatic rings. The molecule has 18 heteroatoms. The molecule has 0 radical (unpaired) electrons. The van der Waals surface area contributed by atoms with Gasteiger partial charge in [0, 0.05) is 48.1 Å². The van der Waals surface area contributed by atoms with Crippen LogP contribution >= 0.6 is 27.0 Å². The van der Waals surface area contributed by atoms with E-state index in [9.17, 15) is 27.6 Å². The number of nitrogens with two attached hydrogens (primary N) is 3. The molecular formula is C26H33F3N6O7S2. The summed E-state index contributed by atoms with van der Waals surface area (Å²) in [6, 6.07) is 4.75. The highest BCUT2D eigenvalue weighted by atomic mass is 32.1. The van der Waals surface area contributed by atoms with E-state index in [-0.39, 0.29) is 63.4 Å².